The zero-order chi connectivity index (χ0) is 6.69. The second-order valence-corrected chi connectivity index (χ2v) is 2.43. The Hall–Kier alpha value is -0.720. The van der Waals surface area contributed by atoms with Gasteiger partial charge in [-0.2, -0.15) is 0 Å². The van der Waals surface area contributed by atoms with E-state index in [1.165, 1.54) is 12.0 Å². The van der Waals surface area contributed by atoms with Crippen molar-refractivity contribution in [1.29, 1.82) is 0 Å². The highest BCUT2D eigenvalue weighted by Crippen LogP contribution is 1.98. The van der Waals surface area contributed by atoms with Gasteiger partial charge in [0.2, 0.25) is 0 Å². The fourth-order valence-corrected chi connectivity index (χ4v) is 0.958. The van der Waals surface area contributed by atoms with Gasteiger partial charge in [-0.15, -0.1) is 0 Å². The van der Waals surface area contributed by atoms with Crippen LogP contribution in [0.3, 0.4) is 0 Å². The predicted octanol–water partition coefficient (Wildman–Crippen LogP) is 2.21. The second kappa shape index (κ2) is 2.72. The summed E-state index contributed by atoms with van der Waals surface area (Å²) in [5.74, 6) is 0. The first-order valence-corrected chi connectivity index (χ1v) is 3.45. The monoisotopic (exact) mass is 123 g/mol. The first kappa shape index (κ1) is 6.40. The molecule has 0 bridgehead atoms. The molecule has 9 heavy (non-hydrogen) atoms. The van der Waals surface area contributed by atoms with Crippen molar-refractivity contribution in [1.82, 2.24) is 4.57 Å². The SMILES string of the molecule is CCCn1ccc(C)c1. The van der Waals surface area contributed by atoms with Gasteiger partial charge in [0.25, 0.3) is 0 Å². The summed E-state index contributed by atoms with van der Waals surface area (Å²) in [4.78, 5) is 0. The molecule has 0 aliphatic carbocycles. The molecule has 0 fully saturated rings. The van der Waals surface area contributed by atoms with Gasteiger partial charge in [-0.3, -0.25) is 0 Å². The molecule has 1 nitrogen and oxygen atoms in total. The number of rotatable bonds is 2. The average Bonchev–Trinajstić information content (AvgIpc) is 2.17. The smallest absolute Gasteiger partial charge is 0.0217 e. The number of nitrogens with zero attached hydrogens (tertiary/aromatic N) is 1. The van der Waals surface area contributed by atoms with Crippen molar-refractivity contribution >= 4 is 0 Å². The van der Waals surface area contributed by atoms with Crippen molar-refractivity contribution < 1.29 is 0 Å². The van der Waals surface area contributed by atoms with Crippen molar-refractivity contribution in [3.8, 4) is 0 Å². The zero-order valence-electron chi connectivity index (χ0n) is 6.09. The van der Waals surface area contributed by atoms with Crippen LogP contribution in [0.5, 0.6) is 0 Å². The molecule has 0 saturated carbocycles. The molecule has 1 aromatic heterocycles. The van der Waals surface area contributed by atoms with E-state index in [-0.39, 0.29) is 0 Å². The van der Waals surface area contributed by atoms with Crippen molar-refractivity contribution in [2.75, 3.05) is 0 Å². The van der Waals surface area contributed by atoms with E-state index in [2.05, 4.69) is 36.9 Å². The van der Waals surface area contributed by atoms with Crippen molar-refractivity contribution in [2.24, 2.45) is 0 Å². The third-order valence-electron chi connectivity index (χ3n) is 1.38. The normalized spacial score (nSPS) is 10.0. The maximum absolute atomic E-state index is 2.22. The van der Waals surface area contributed by atoms with Crippen LogP contribution in [0.15, 0.2) is 18.5 Å². The third-order valence-corrected chi connectivity index (χ3v) is 1.38. The lowest BCUT2D eigenvalue weighted by molar-refractivity contribution is 0.682. The highest BCUT2D eigenvalue weighted by atomic mass is 14.9. The average molecular weight is 123 g/mol. The number of hydrogen-bond donors (Lipinski definition) is 0. The third kappa shape index (κ3) is 1.60. The van der Waals surface area contributed by atoms with E-state index in [9.17, 15) is 0 Å². The standard InChI is InChI=1S/C8H13N/c1-3-5-9-6-4-8(2)7-9/h4,6-7H,3,5H2,1-2H3. The Morgan fingerprint density at radius 2 is 2.33 bits per heavy atom. The van der Waals surface area contributed by atoms with Gasteiger partial charge >= 0.3 is 0 Å². The fraction of sp³-hybridized carbons (Fsp3) is 0.500. The van der Waals surface area contributed by atoms with Gasteiger partial charge in [-0.25, -0.2) is 0 Å². The molecule has 1 rings (SSSR count). The number of hydrogen-bond acceptors (Lipinski definition) is 0. The van der Waals surface area contributed by atoms with Gasteiger partial charge in [0.05, 0.1) is 0 Å². The lowest BCUT2D eigenvalue weighted by Crippen LogP contribution is -1.90. The Morgan fingerprint density at radius 1 is 1.56 bits per heavy atom. The summed E-state index contributed by atoms with van der Waals surface area (Å²) in [6.45, 7) is 5.45. The van der Waals surface area contributed by atoms with Crippen LogP contribution in [-0.2, 0) is 6.54 Å². The van der Waals surface area contributed by atoms with E-state index in [1.807, 2.05) is 0 Å². The predicted molar refractivity (Wildman–Crippen MR) is 39.5 cm³/mol. The van der Waals surface area contributed by atoms with Gasteiger partial charge in [-0.1, -0.05) is 6.92 Å². The highest BCUT2D eigenvalue weighted by Gasteiger charge is 1.87. The number of aromatic nitrogens is 1. The molecule has 50 valence electrons. The largest absolute Gasteiger partial charge is 0.354 e. The Bertz CT molecular complexity index is 176. The van der Waals surface area contributed by atoms with Crippen LogP contribution in [0.25, 0.3) is 0 Å². The van der Waals surface area contributed by atoms with E-state index in [1.54, 1.807) is 0 Å². The molecule has 0 unspecified atom stereocenters. The molecule has 0 aliphatic rings. The van der Waals surface area contributed by atoms with Crippen molar-refractivity contribution in [2.45, 2.75) is 26.8 Å². The van der Waals surface area contributed by atoms with Gasteiger partial charge in [0, 0.05) is 18.9 Å². The quantitative estimate of drug-likeness (QED) is 0.568. The van der Waals surface area contributed by atoms with E-state index < -0.39 is 0 Å². The van der Waals surface area contributed by atoms with E-state index in [0.717, 1.165) is 6.54 Å². The summed E-state index contributed by atoms with van der Waals surface area (Å²) in [6, 6.07) is 2.13. The van der Waals surface area contributed by atoms with Gasteiger partial charge in [-0.05, 0) is 25.0 Å². The van der Waals surface area contributed by atoms with Crippen LogP contribution >= 0.6 is 0 Å². The summed E-state index contributed by atoms with van der Waals surface area (Å²) in [6.07, 6.45) is 5.51. The fourth-order valence-electron chi connectivity index (χ4n) is 0.958. The minimum Gasteiger partial charge on any atom is -0.354 e. The summed E-state index contributed by atoms with van der Waals surface area (Å²) in [7, 11) is 0. The molecule has 0 aliphatic heterocycles. The molecule has 0 atom stereocenters. The molecule has 0 N–H and O–H groups in total. The minimum absolute atomic E-state index is 1.15. The van der Waals surface area contributed by atoms with Gasteiger partial charge in [0.15, 0.2) is 0 Å². The summed E-state index contributed by atoms with van der Waals surface area (Å²) in [5, 5.41) is 0. The van der Waals surface area contributed by atoms with Crippen molar-refractivity contribution in [3.63, 3.8) is 0 Å². The maximum Gasteiger partial charge on any atom is 0.0217 e. The Labute approximate surface area is 56.3 Å². The molecule has 0 radical (unpaired) electrons. The molecule has 0 amide bonds. The van der Waals surface area contributed by atoms with Crippen LogP contribution in [-0.4, -0.2) is 4.57 Å². The first-order chi connectivity index (χ1) is 4.33. The Kier molecular flexibility index (Phi) is 1.93. The van der Waals surface area contributed by atoms with Crippen LogP contribution in [0.4, 0.5) is 0 Å². The molecular weight excluding hydrogens is 110 g/mol. The summed E-state index contributed by atoms with van der Waals surface area (Å²) < 4.78 is 2.22. The van der Waals surface area contributed by atoms with Crippen LogP contribution < -0.4 is 0 Å². The Morgan fingerprint density at radius 3 is 2.78 bits per heavy atom. The topological polar surface area (TPSA) is 4.93 Å². The molecular formula is C8H13N. The highest BCUT2D eigenvalue weighted by molar-refractivity contribution is 5.06. The number of aryl methyl sites for hydroxylation is 2. The zero-order valence-corrected chi connectivity index (χ0v) is 6.09. The second-order valence-electron chi connectivity index (χ2n) is 2.43. The minimum atomic E-state index is 1.15. The molecule has 0 saturated heterocycles. The lowest BCUT2D eigenvalue weighted by atomic mass is 10.4. The van der Waals surface area contributed by atoms with Crippen molar-refractivity contribution in [3.05, 3.63) is 24.0 Å². The molecule has 0 aromatic carbocycles. The lowest BCUT2D eigenvalue weighted by Gasteiger charge is -1.95. The molecule has 1 aromatic rings. The maximum atomic E-state index is 2.22. The van der Waals surface area contributed by atoms with E-state index in [4.69, 9.17) is 0 Å². The molecule has 1 heterocycles. The molecule has 1 heteroatoms. The van der Waals surface area contributed by atoms with Crippen LogP contribution in [0, 0.1) is 6.92 Å². The van der Waals surface area contributed by atoms with Gasteiger partial charge < -0.3 is 4.57 Å². The van der Waals surface area contributed by atoms with Crippen LogP contribution in [0.1, 0.15) is 18.9 Å². The summed E-state index contributed by atoms with van der Waals surface area (Å²) >= 11 is 0. The van der Waals surface area contributed by atoms with Gasteiger partial charge in [0.1, 0.15) is 0 Å². The first-order valence-electron chi connectivity index (χ1n) is 3.45. The molecule has 0 spiro atoms. The van der Waals surface area contributed by atoms with Crippen LogP contribution in [0.2, 0.25) is 0 Å². The summed E-state index contributed by atoms with van der Waals surface area (Å²) in [5.41, 5.74) is 1.35. The van der Waals surface area contributed by atoms with E-state index >= 15 is 0 Å². The Balaban J connectivity index is 2.61. The van der Waals surface area contributed by atoms with E-state index in [0.29, 0.717) is 0 Å².